The second-order valence-electron chi connectivity index (χ2n) is 6.73. The van der Waals surface area contributed by atoms with Crippen LogP contribution in [-0.4, -0.2) is 11.7 Å². The monoisotopic (exact) mass is 448 g/mol. The number of rotatable bonds is 3. The van der Waals surface area contributed by atoms with Crippen LogP contribution in [0.5, 0.6) is 0 Å². The Labute approximate surface area is 187 Å². The summed E-state index contributed by atoms with van der Waals surface area (Å²) in [6.07, 6.45) is 1.77. The average Bonchev–Trinajstić information content (AvgIpc) is 3.27. The predicted molar refractivity (Wildman–Crippen MR) is 127 cm³/mol. The lowest BCUT2D eigenvalue weighted by atomic mass is 10.2. The molecule has 2 heterocycles. The third-order valence-corrected chi connectivity index (χ3v) is 6.71. The molecule has 1 aliphatic rings. The van der Waals surface area contributed by atoms with Crippen LogP contribution in [0, 0.1) is 0 Å². The van der Waals surface area contributed by atoms with Crippen molar-refractivity contribution in [2.24, 2.45) is 4.99 Å². The van der Waals surface area contributed by atoms with E-state index in [1.807, 2.05) is 66.7 Å². The minimum atomic E-state index is -0.195. The number of thiophene rings is 1. The van der Waals surface area contributed by atoms with E-state index in [9.17, 15) is 4.79 Å². The zero-order valence-electron chi connectivity index (χ0n) is 15.5. The number of para-hydroxylation sites is 1. The maximum Gasteiger partial charge on any atom is 0.282 e. The molecule has 1 aliphatic heterocycles. The van der Waals surface area contributed by atoms with Crippen LogP contribution < -0.4 is 4.90 Å². The summed E-state index contributed by atoms with van der Waals surface area (Å²) >= 11 is 14.2. The minimum absolute atomic E-state index is 0.195. The smallest absolute Gasteiger partial charge is 0.266 e. The minimum Gasteiger partial charge on any atom is -0.266 e. The number of amides is 1. The van der Waals surface area contributed by atoms with Crippen LogP contribution in [0.3, 0.4) is 0 Å². The van der Waals surface area contributed by atoms with Gasteiger partial charge in [-0.1, -0.05) is 71.7 Å². The Balaban J connectivity index is 1.68. The Morgan fingerprint density at radius 1 is 0.867 bits per heavy atom. The zero-order chi connectivity index (χ0) is 20.7. The Hall–Kier alpha value is -2.92. The van der Waals surface area contributed by atoms with Crippen molar-refractivity contribution in [3.05, 3.63) is 105 Å². The zero-order valence-corrected chi connectivity index (χ0v) is 17.9. The van der Waals surface area contributed by atoms with E-state index in [1.54, 1.807) is 23.1 Å². The molecule has 0 atom stereocenters. The van der Waals surface area contributed by atoms with E-state index in [4.69, 9.17) is 28.2 Å². The van der Waals surface area contributed by atoms with Crippen molar-refractivity contribution in [1.29, 1.82) is 0 Å². The third kappa shape index (κ3) is 3.33. The molecule has 0 spiro atoms. The van der Waals surface area contributed by atoms with Crippen molar-refractivity contribution in [1.82, 2.24) is 0 Å². The fraction of sp³-hybridized carbons (Fsp3) is 0. The molecule has 146 valence electrons. The van der Waals surface area contributed by atoms with E-state index < -0.39 is 0 Å². The molecule has 0 unspecified atom stereocenters. The van der Waals surface area contributed by atoms with E-state index in [2.05, 4.69) is 0 Å². The first-order chi connectivity index (χ1) is 14.6. The molecule has 0 bridgehead atoms. The molecule has 3 nitrogen and oxygen atoms in total. The van der Waals surface area contributed by atoms with Gasteiger partial charge >= 0.3 is 0 Å². The Morgan fingerprint density at radius 3 is 2.30 bits per heavy atom. The first-order valence-corrected chi connectivity index (χ1v) is 10.8. The van der Waals surface area contributed by atoms with Crippen molar-refractivity contribution in [3.63, 3.8) is 0 Å². The quantitative estimate of drug-likeness (QED) is 0.309. The fourth-order valence-corrected chi connectivity index (χ4v) is 4.98. The summed E-state index contributed by atoms with van der Waals surface area (Å²) in [7, 11) is 0. The summed E-state index contributed by atoms with van der Waals surface area (Å²) in [4.78, 5) is 20.5. The van der Waals surface area contributed by atoms with Gasteiger partial charge in [0.05, 0.1) is 15.6 Å². The summed E-state index contributed by atoms with van der Waals surface area (Å²) in [6.45, 7) is 0. The predicted octanol–water partition coefficient (Wildman–Crippen LogP) is 7.04. The second-order valence-corrected chi connectivity index (χ2v) is 8.60. The summed E-state index contributed by atoms with van der Waals surface area (Å²) in [5, 5.41) is 2.20. The van der Waals surface area contributed by atoms with Gasteiger partial charge in [-0.25, -0.2) is 4.99 Å². The van der Waals surface area contributed by atoms with Gasteiger partial charge < -0.3 is 0 Å². The molecule has 0 N–H and O–H groups in total. The van der Waals surface area contributed by atoms with Gasteiger partial charge in [0.2, 0.25) is 0 Å². The third-order valence-electron chi connectivity index (χ3n) is 4.79. The summed E-state index contributed by atoms with van der Waals surface area (Å²) in [5.41, 5.74) is 1.95. The highest BCUT2D eigenvalue weighted by Gasteiger charge is 2.34. The lowest BCUT2D eigenvalue weighted by molar-refractivity contribution is -0.113. The number of benzene rings is 3. The fourth-order valence-electron chi connectivity index (χ4n) is 3.36. The number of fused-ring (bicyclic) bond motifs is 1. The Bertz CT molecular complexity index is 1320. The second kappa shape index (κ2) is 7.73. The number of aliphatic imine (C=N–C) groups is 1. The first-order valence-electron chi connectivity index (χ1n) is 9.25. The number of carbonyl (C=O) groups excluding carboxylic acids is 1. The molecule has 1 amide bonds. The molecule has 3 aromatic carbocycles. The molecule has 0 saturated heterocycles. The SMILES string of the molecule is O=C1/C(=C\c2ccc(Cl)cc2)N=C(c2sc3ccccc3c2Cl)N1c1ccccc1. The molecule has 5 rings (SSSR count). The Kier molecular flexibility index (Phi) is 4.91. The lowest BCUT2D eigenvalue weighted by Gasteiger charge is -2.17. The molecule has 30 heavy (non-hydrogen) atoms. The molecule has 0 saturated carbocycles. The van der Waals surface area contributed by atoms with Crippen LogP contribution in [0.15, 0.2) is 89.6 Å². The van der Waals surface area contributed by atoms with Crippen LogP contribution in [0.25, 0.3) is 16.2 Å². The molecule has 0 aliphatic carbocycles. The largest absolute Gasteiger partial charge is 0.282 e. The van der Waals surface area contributed by atoms with Crippen LogP contribution in [0.1, 0.15) is 10.4 Å². The van der Waals surface area contributed by atoms with Gasteiger partial charge in [-0.2, -0.15) is 0 Å². The molecule has 0 fully saturated rings. The number of carbonyl (C=O) groups is 1. The summed E-state index contributed by atoms with van der Waals surface area (Å²) < 4.78 is 1.05. The number of halogens is 2. The van der Waals surface area contributed by atoms with Crippen molar-refractivity contribution in [3.8, 4) is 0 Å². The van der Waals surface area contributed by atoms with E-state index in [0.29, 0.717) is 21.6 Å². The lowest BCUT2D eigenvalue weighted by Crippen LogP contribution is -2.32. The number of anilines is 1. The highest BCUT2D eigenvalue weighted by atomic mass is 35.5. The average molecular weight is 449 g/mol. The van der Waals surface area contributed by atoms with Gasteiger partial charge in [0.15, 0.2) is 5.84 Å². The molecular weight excluding hydrogens is 435 g/mol. The number of hydrogen-bond donors (Lipinski definition) is 0. The van der Waals surface area contributed by atoms with Crippen LogP contribution in [0.4, 0.5) is 5.69 Å². The molecule has 0 radical (unpaired) electrons. The normalized spacial score (nSPS) is 15.3. The standard InChI is InChI=1S/C24H14Cl2N2OS/c25-16-12-10-15(11-13-16)14-19-24(29)28(17-6-2-1-3-7-17)23(27-19)22-21(26)18-8-4-5-9-20(18)30-22/h1-14H/b19-14+. The van der Waals surface area contributed by atoms with Crippen LogP contribution in [0.2, 0.25) is 10.0 Å². The van der Waals surface area contributed by atoms with Crippen molar-refractivity contribution < 1.29 is 4.79 Å². The maximum absolute atomic E-state index is 13.4. The van der Waals surface area contributed by atoms with E-state index in [0.717, 1.165) is 26.2 Å². The summed E-state index contributed by atoms with van der Waals surface area (Å²) in [5.74, 6) is 0.345. The van der Waals surface area contributed by atoms with Crippen molar-refractivity contribution in [2.75, 3.05) is 4.90 Å². The topological polar surface area (TPSA) is 32.7 Å². The van der Waals surface area contributed by atoms with Gasteiger partial charge in [-0.15, -0.1) is 11.3 Å². The Morgan fingerprint density at radius 2 is 1.57 bits per heavy atom. The summed E-state index contributed by atoms with van der Waals surface area (Å²) in [6, 6.07) is 24.7. The van der Waals surface area contributed by atoms with E-state index in [1.165, 1.54) is 11.3 Å². The molecule has 4 aromatic rings. The number of nitrogens with zero attached hydrogens (tertiary/aromatic N) is 2. The van der Waals surface area contributed by atoms with Crippen LogP contribution in [-0.2, 0) is 4.79 Å². The van der Waals surface area contributed by atoms with Crippen molar-refractivity contribution in [2.45, 2.75) is 0 Å². The molecular formula is C24H14Cl2N2OS. The highest BCUT2D eigenvalue weighted by molar-refractivity contribution is 7.21. The van der Waals surface area contributed by atoms with Gasteiger partial charge in [0, 0.05) is 15.1 Å². The first kappa shape index (κ1) is 19.1. The molecule has 6 heteroatoms. The maximum atomic E-state index is 13.4. The number of amidine groups is 1. The van der Waals surface area contributed by atoms with Gasteiger partial charge in [0.25, 0.3) is 5.91 Å². The van der Waals surface area contributed by atoms with Crippen LogP contribution >= 0.6 is 34.5 Å². The molecule has 1 aromatic heterocycles. The van der Waals surface area contributed by atoms with E-state index >= 15 is 0 Å². The van der Waals surface area contributed by atoms with Gasteiger partial charge in [0.1, 0.15) is 5.70 Å². The number of hydrogen-bond acceptors (Lipinski definition) is 3. The van der Waals surface area contributed by atoms with Gasteiger partial charge in [-0.3, -0.25) is 9.69 Å². The highest BCUT2D eigenvalue weighted by Crippen LogP contribution is 2.39. The van der Waals surface area contributed by atoms with Crippen molar-refractivity contribution >= 4 is 68.1 Å². The van der Waals surface area contributed by atoms with Gasteiger partial charge in [-0.05, 0) is 42.0 Å². The van der Waals surface area contributed by atoms with E-state index in [-0.39, 0.29) is 5.91 Å².